The second kappa shape index (κ2) is 6.01. The fraction of sp³-hybridized carbons (Fsp3) is 0.429. The molecule has 1 aromatic carbocycles. The Bertz CT molecular complexity index is 933. The molecule has 0 aliphatic carbocycles. The molecule has 134 valence electrons. The van der Waals surface area contributed by atoms with E-state index in [2.05, 4.69) is 6.07 Å². The van der Waals surface area contributed by atoms with Crippen molar-refractivity contribution in [3.63, 3.8) is 0 Å². The maximum Gasteiger partial charge on any atom is 0.250 e. The van der Waals surface area contributed by atoms with E-state index in [0.29, 0.717) is 18.9 Å². The number of carbonyl (C=O) groups is 1. The Kier molecular flexibility index (Phi) is 3.62. The molecule has 1 saturated heterocycles. The molecule has 0 unspecified atom stereocenters. The third kappa shape index (κ3) is 2.62. The normalized spacial score (nSPS) is 23.2. The zero-order chi connectivity index (χ0) is 17.7. The Morgan fingerprint density at radius 3 is 3.00 bits per heavy atom. The summed E-state index contributed by atoms with van der Waals surface area (Å²) in [5, 5.41) is 0. The van der Waals surface area contributed by atoms with Crippen LogP contribution in [-0.4, -0.2) is 35.1 Å². The number of amides is 1. The zero-order valence-electron chi connectivity index (χ0n) is 14.7. The molecule has 2 aromatic rings. The third-order valence-corrected chi connectivity index (χ3v) is 5.94. The summed E-state index contributed by atoms with van der Waals surface area (Å²) in [7, 11) is 0. The molecular formula is C21H22N2O3. The van der Waals surface area contributed by atoms with Crippen LogP contribution < -0.4 is 10.3 Å². The first kappa shape index (κ1) is 15.7. The molecule has 5 rings (SSSR count). The third-order valence-electron chi connectivity index (χ3n) is 5.94. The SMILES string of the molecule is O=C(Cc1ccc2c(c1)CCO2)N1C[C@H]2C[C@@H](C1)c1cccc(=O)n1C2. The van der Waals surface area contributed by atoms with Gasteiger partial charge in [0.2, 0.25) is 5.91 Å². The molecular weight excluding hydrogens is 328 g/mol. The highest BCUT2D eigenvalue weighted by atomic mass is 16.5. The molecule has 26 heavy (non-hydrogen) atoms. The molecule has 1 aromatic heterocycles. The summed E-state index contributed by atoms with van der Waals surface area (Å²) < 4.78 is 7.45. The van der Waals surface area contributed by atoms with Crippen molar-refractivity contribution in [3.8, 4) is 5.75 Å². The van der Waals surface area contributed by atoms with E-state index in [9.17, 15) is 9.59 Å². The van der Waals surface area contributed by atoms with Gasteiger partial charge in [0.05, 0.1) is 13.0 Å². The smallest absolute Gasteiger partial charge is 0.250 e. The van der Waals surface area contributed by atoms with Crippen molar-refractivity contribution in [2.45, 2.75) is 31.7 Å². The summed E-state index contributed by atoms with van der Waals surface area (Å²) in [5.41, 5.74) is 3.43. The number of carbonyl (C=O) groups excluding carboxylic acids is 1. The van der Waals surface area contributed by atoms with Gasteiger partial charge < -0.3 is 14.2 Å². The van der Waals surface area contributed by atoms with Crippen LogP contribution in [0.1, 0.15) is 29.2 Å². The van der Waals surface area contributed by atoms with E-state index in [1.165, 1.54) is 5.56 Å². The Morgan fingerprint density at radius 1 is 1.15 bits per heavy atom. The van der Waals surface area contributed by atoms with Gasteiger partial charge in [0.25, 0.3) is 5.56 Å². The minimum atomic E-state index is 0.0809. The van der Waals surface area contributed by atoms with Crippen LogP contribution in [0.15, 0.2) is 41.2 Å². The Morgan fingerprint density at radius 2 is 2.08 bits per heavy atom. The number of hydrogen-bond donors (Lipinski definition) is 0. The summed E-state index contributed by atoms with van der Waals surface area (Å²) in [4.78, 5) is 27.0. The van der Waals surface area contributed by atoms with Crippen molar-refractivity contribution in [1.29, 1.82) is 0 Å². The predicted molar refractivity (Wildman–Crippen MR) is 97.5 cm³/mol. The fourth-order valence-corrected chi connectivity index (χ4v) is 4.74. The van der Waals surface area contributed by atoms with Crippen molar-refractivity contribution in [1.82, 2.24) is 9.47 Å². The average molecular weight is 350 g/mol. The summed E-state index contributed by atoms with van der Waals surface area (Å²) in [6.07, 6.45) is 2.44. The summed E-state index contributed by atoms with van der Waals surface area (Å²) in [6.45, 7) is 2.93. The number of ether oxygens (including phenoxy) is 1. The second-order valence-corrected chi connectivity index (χ2v) is 7.71. The van der Waals surface area contributed by atoms with Gasteiger partial charge in [-0.1, -0.05) is 18.2 Å². The number of benzene rings is 1. The minimum Gasteiger partial charge on any atom is -0.493 e. The summed E-state index contributed by atoms with van der Waals surface area (Å²) >= 11 is 0. The highest BCUT2D eigenvalue weighted by Gasteiger charge is 2.36. The van der Waals surface area contributed by atoms with Gasteiger partial charge in [0, 0.05) is 43.7 Å². The number of fused-ring (bicyclic) bond motifs is 5. The van der Waals surface area contributed by atoms with Gasteiger partial charge >= 0.3 is 0 Å². The van der Waals surface area contributed by atoms with Gasteiger partial charge in [-0.05, 0) is 35.6 Å². The molecule has 0 radical (unpaired) electrons. The predicted octanol–water partition coefficient (Wildman–Crippen LogP) is 1.97. The van der Waals surface area contributed by atoms with E-state index in [0.717, 1.165) is 49.5 Å². The number of piperidine rings is 1. The van der Waals surface area contributed by atoms with Crippen LogP contribution in [0, 0.1) is 5.92 Å². The molecule has 2 atom stereocenters. The molecule has 3 aliphatic heterocycles. The second-order valence-electron chi connectivity index (χ2n) is 7.71. The first-order chi connectivity index (χ1) is 12.7. The van der Waals surface area contributed by atoms with Crippen LogP contribution in [0.25, 0.3) is 0 Å². The van der Waals surface area contributed by atoms with Crippen LogP contribution in [0.2, 0.25) is 0 Å². The van der Waals surface area contributed by atoms with Crippen LogP contribution in [0.5, 0.6) is 5.75 Å². The maximum atomic E-state index is 12.9. The molecule has 5 heteroatoms. The van der Waals surface area contributed by atoms with Crippen LogP contribution in [-0.2, 0) is 24.2 Å². The van der Waals surface area contributed by atoms with Gasteiger partial charge in [-0.2, -0.15) is 0 Å². The first-order valence-electron chi connectivity index (χ1n) is 9.39. The summed E-state index contributed by atoms with van der Waals surface area (Å²) in [5.74, 6) is 1.79. The lowest BCUT2D eigenvalue weighted by atomic mass is 9.83. The zero-order valence-corrected chi connectivity index (χ0v) is 14.7. The van der Waals surface area contributed by atoms with Gasteiger partial charge in [-0.25, -0.2) is 0 Å². The number of rotatable bonds is 2. The first-order valence-corrected chi connectivity index (χ1v) is 9.39. The topological polar surface area (TPSA) is 51.5 Å². The van der Waals surface area contributed by atoms with Crippen molar-refractivity contribution in [3.05, 3.63) is 63.6 Å². The number of pyridine rings is 1. The Labute approximate surface area is 152 Å². The molecule has 3 aliphatic rings. The van der Waals surface area contributed by atoms with E-state index in [-0.39, 0.29) is 17.4 Å². The lowest BCUT2D eigenvalue weighted by Gasteiger charge is -2.42. The number of nitrogens with zero attached hydrogens (tertiary/aromatic N) is 2. The fourth-order valence-electron chi connectivity index (χ4n) is 4.74. The Balaban J connectivity index is 1.34. The molecule has 2 bridgehead atoms. The van der Waals surface area contributed by atoms with Crippen LogP contribution >= 0.6 is 0 Å². The van der Waals surface area contributed by atoms with Gasteiger partial charge in [-0.3, -0.25) is 9.59 Å². The minimum absolute atomic E-state index is 0.0809. The number of hydrogen-bond acceptors (Lipinski definition) is 3. The molecule has 4 heterocycles. The monoisotopic (exact) mass is 350 g/mol. The van der Waals surface area contributed by atoms with E-state index >= 15 is 0 Å². The highest BCUT2D eigenvalue weighted by Crippen LogP contribution is 2.35. The van der Waals surface area contributed by atoms with E-state index in [1.54, 1.807) is 6.07 Å². The standard InChI is InChI=1S/C21H22N2O3/c24-20-3-1-2-18-17-9-15(12-23(18)20)11-22(13-17)21(25)10-14-4-5-19-16(8-14)6-7-26-19/h1-5,8,15,17H,6-7,9-13H2/t15-,17+/m1/s1. The molecule has 0 spiro atoms. The van der Waals surface area contributed by atoms with E-state index in [4.69, 9.17) is 4.74 Å². The Hall–Kier alpha value is -2.56. The van der Waals surface area contributed by atoms with E-state index < -0.39 is 0 Å². The lowest BCUT2D eigenvalue weighted by Crippen LogP contribution is -2.49. The molecule has 0 saturated carbocycles. The van der Waals surface area contributed by atoms with Crippen LogP contribution in [0.4, 0.5) is 0 Å². The van der Waals surface area contributed by atoms with Crippen molar-refractivity contribution in [2.24, 2.45) is 5.92 Å². The number of likely N-dealkylation sites (tertiary alicyclic amines) is 1. The van der Waals surface area contributed by atoms with Gasteiger partial charge in [0.15, 0.2) is 0 Å². The van der Waals surface area contributed by atoms with Crippen molar-refractivity contribution in [2.75, 3.05) is 19.7 Å². The van der Waals surface area contributed by atoms with Crippen molar-refractivity contribution < 1.29 is 9.53 Å². The van der Waals surface area contributed by atoms with Gasteiger partial charge in [-0.15, -0.1) is 0 Å². The molecule has 1 amide bonds. The lowest BCUT2D eigenvalue weighted by molar-refractivity contribution is -0.133. The number of aromatic nitrogens is 1. The largest absolute Gasteiger partial charge is 0.493 e. The quantitative estimate of drug-likeness (QED) is 0.832. The highest BCUT2D eigenvalue weighted by molar-refractivity contribution is 5.79. The van der Waals surface area contributed by atoms with Crippen LogP contribution in [0.3, 0.4) is 0 Å². The molecule has 0 N–H and O–H groups in total. The molecule has 1 fully saturated rings. The van der Waals surface area contributed by atoms with Gasteiger partial charge in [0.1, 0.15) is 5.75 Å². The molecule has 5 nitrogen and oxygen atoms in total. The average Bonchev–Trinajstić information content (AvgIpc) is 3.10. The maximum absolute atomic E-state index is 12.9. The van der Waals surface area contributed by atoms with E-state index in [1.807, 2.05) is 33.7 Å². The summed E-state index contributed by atoms with van der Waals surface area (Å²) in [6, 6.07) is 11.6. The van der Waals surface area contributed by atoms with Crippen molar-refractivity contribution >= 4 is 5.91 Å².